The molecule has 0 saturated carbocycles. The number of ketones is 1. The van der Waals surface area contributed by atoms with Crippen molar-refractivity contribution in [3.63, 3.8) is 0 Å². The molecule has 1 aliphatic carbocycles. The van der Waals surface area contributed by atoms with Crippen molar-refractivity contribution in [2.24, 2.45) is 0 Å². The van der Waals surface area contributed by atoms with Gasteiger partial charge in [0.1, 0.15) is 10.8 Å². The Hall–Kier alpha value is -0.910. The fourth-order valence-electron chi connectivity index (χ4n) is 3.50. The van der Waals surface area contributed by atoms with Crippen molar-refractivity contribution in [2.45, 2.75) is 23.7 Å². The highest BCUT2D eigenvalue weighted by molar-refractivity contribution is 8.20. The summed E-state index contributed by atoms with van der Waals surface area (Å²) in [7, 11) is 1.72. The average Bonchev–Trinajstić information content (AvgIpc) is 3.09. The molecule has 0 atom stereocenters. The van der Waals surface area contributed by atoms with Crippen LogP contribution in [0.1, 0.15) is 28.9 Å². The Kier molecular flexibility index (Phi) is 3.32. The number of rotatable bonds is 2. The lowest BCUT2D eigenvalue weighted by molar-refractivity contribution is 0.0965. The number of methoxy groups -OCH3 is 1. The molecular formula is C16H17NO2S2. The molecule has 110 valence electrons. The van der Waals surface area contributed by atoms with Crippen molar-refractivity contribution < 1.29 is 9.53 Å². The van der Waals surface area contributed by atoms with Gasteiger partial charge in [0.15, 0.2) is 5.78 Å². The van der Waals surface area contributed by atoms with Crippen LogP contribution in [0.3, 0.4) is 0 Å². The molecule has 1 aromatic heterocycles. The lowest BCUT2D eigenvalue weighted by Crippen LogP contribution is -2.28. The fourth-order valence-corrected chi connectivity index (χ4v) is 6.85. The first-order chi connectivity index (χ1) is 10.3. The van der Waals surface area contributed by atoms with Crippen molar-refractivity contribution in [1.29, 1.82) is 0 Å². The highest BCUT2D eigenvalue weighted by Crippen LogP contribution is 2.59. The number of Topliss-reactive ketones (excluding diaryl/α,β-unsaturated/α-hetero) is 1. The molecule has 1 spiro atoms. The Labute approximate surface area is 132 Å². The summed E-state index contributed by atoms with van der Waals surface area (Å²) in [4.78, 5) is 12.6. The number of carbonyl (C=O) groups is 1. The number of carbonyl (C=O) groups excluding carboxylic acids is 1. The number of benzene rings is 1. The zero-order valence-corrected chi connectivity index (χ0v) is 13.6. The molecular weight excluding hydrogens is 302 g/mol. The third kappa shape index (κ3) is 1.91. The van der Waals surface area contributed by atoms with E-state index in [-0.39, 0.29) is 9.86 Å². The van der Waals surface area contributed by atoms with E-state index in [1.165, 1.54) is 5.69 Å². The number of hydrogen-bond donors (Lipinski definition) is 0. The lowest BCUT2D eigenvalue weighted by atomic mass is 9.93. The normalized spacial score (nSPS) is 20.3. The predicted octanol–water partition coefficient (Wildman–Crippen LogP) is 3.85. The van der Waals surface area contributed by atoms with Crippen molar-refractivity contribution in [3.05, 3.63) is 35.5 Å². The quantitative estimate of drug-likeness (QED) is 0.841. The molecule has 0 N–H and O–H groups in total. The molecule has 0 bridgehead atoms. The number of thioether (sulfide) groups is 2. The molecule has 1 aliphatic heterocycles. The molecule has 2 heterocycles. The maximum absolute atomic E-state index is 12.6. The SMILES string of the molecule is COCn1c2c(c3ccccc31)C(=O)CCC21SCCS1. The van der Waals surface area contributed by atoms with Crippen LogP contribution in [0.2, 0.25) is 0 Å². The van der Waals surface area contributed by atoms with Crippen molar-refractivity contribution in [2.75, 3.05) is 18.6 Å². The molecule has 0 radical (unpaired) electrons. The first kappa shape index (κ1) is 13.7. The van der Waals surface area contributed by atoms with Crippen LogP contribution < -0.4 is 0 Å². The van der Waals surface area contributed by atoms with Gasteiger partial charge in [-0.15, -0.1) is 23.5 Å². The van der Waals surface area contributed by atoms with Crippen LogP contribution in [-0.4, -0.2) is 29.0 Å². The molecule has 3 nitrogen and oxygen atoms in total. The van der Waals surface area contributed by atoms with Crippen molar-refractivity contribution in [1.82, 2.24) is 4.57 Å². The number of ether oxygens (including phenoxy) is 1. The van der Waals surface area contributed by atoms with E-state index in [9.17, 15) is 4.79 Å². The molecule has 0 amide bonds. The van der Waals surface area contributed by atoms with Crippen molar-refractivity contribution in [3.8, 4) is 0 Å². The van der Waals surface area contributed by atoms with Gasteiger partial charge in [-0.2, -0.15) is 0 Å². The van der Waals surface area contributed by atoms with Gasteiger partial charge in [0.05, 0.1) is 11.2 Å². The van der Waals surface area contributed by atoms with E-state index in [0.29, 0.717) is 13.2 Å². The average molecular weight is 319 g/mol. The van der Waals surface area contributed by atoms with E-state index in [0.717, 1.165) is 34.4 Å². The van der Waals surface area contributed by atoms with Crippen LogP contribution in [-0.2, 0) is 15.5 Å². The van der Waals surface area contributed by atoms with Crippen molar-refractivity contribution >= 4 is 40.2 Å². The molecule has 5 heteroatoms. The van der Waals surface area contributed by atoms with Crippen LogP contribution in [0.25, 0.3) is 10.9 Å². The topological polar surface area (TPSA) is 31.2 Å². The Balaban J connectivity index is 2.07. The van der Waals surface area contributed by atoms with Gasteiger partial charge in [-0.1, -0.05) is 18.2 Å². The van der Waals surface area contributed by atoms with E-state index >= 15 is 0 Å². The second-order valence-corrected chi connectivity index (χ2v) is 8.51. The molecule has 0 unspecified atom stereocenters. The van der Waals surface area contributed by atoms with Crippen LogP contribution in [0.5, 0.6) is 0 Å². The zero-order valence-electron chi connectivity index (χ0n) is 11.9. The van der Waals surface area contributed by atoms with Gasteiger partial charge in [-0.3, -0.25) is 4.79 Å². The van der Waals surface area contributed by atoms with Gasteiger partial charge in [0.25, 0.3) is 0 Å². The number of nitrogens with zero attached hydrogens (tertiary/aromatic N) is 1. The maximum atomic E-state index is 12.6. The first-order valence-corrected chi connectivity index (χ1v) is 9.16. The predicted molar refractivity (Wildman–Crippen MR) is 89.1 cm³/mol. The third-order valence-electron chi connectivity index (χ3n) is 4.30. The van der Waals surface area contributed by atoms with Crippen LogP contribution >= 0.6 is 23.5 Å². The molecule has 2 aromatic rings. The fraction of sp³-hybridized carbons (Fsp3) is 0.438. The molecule has 4 rings (SSSR count). The lowest BCUT2D eigenvalue weighted by Gasteiger charge is -2.33. The Morgan fingerprint density at radius 2 is 2.05 bits per heavy atom. The summed E-state index contributed by atoms with van der Waals surface area (Å²) in [6.07, 6.45) is 1.60. The minimum absolute atomic E-state index is 0.0425. The molecule has 1 saturated heterocycles. The largest absolute Gasteiger partial charge is 0.364 e. The van der Waals surface area contributed by atoms with E-state index < -0.39 is 0 Å². The minimum Gasteiger partial charge on any atom is -0.364 e. The van der Waals surface area contributed by atoms with Crippen LogP contribution in [0.4, 0.5) is 0 Å². The van der Waals surface area contributed by atoms with Gasteiger partial charge in [-0.25, -0.2) is 0 Å². The van der Waals surface area contributed by atoms with Gasteiger partial charge < -0.3 is 9.30 Å². The monoisotopic (exact) mass is 319 g/mol. The van der Waals surface area contributed by atoms with Gasteiger partial charge >= 0.3 is 0 Å². The van der Waals surface area contributed by atoms with Gasteiger partial charge in [-0.05, 0) is 12.5 Å². The maximum Gasteiger partial charge on any atom is 0.165 e. The highest BCUT2D eigenvalue weighted by atomic mass is 32.2. The van der Waals surface area contributed by atoms with E-state index in [4.69, 9.17) is 4.74 Å². The second-order valence-electron chi connectivity index (χ2n) is 5.46. The molecule has 1 aromatic carbocycles. The highest BCUT2D eigenvalue weighted by Gasteiger charge is 2.46. The van der Waals surface area contributed by atoms with E-state index in [1.807, 2.05) is 35.7 Å². The summed E-state index contributed by atoms with van der Waals surface area (Å²) in [6, 6.07) is 8.22. The number of fused-ring (bicyclic) bond motifs is 4. The second kappa shape index (κ2) is 5.07. The molecule has 2 aliphatic rings. The smallest absolute Gasteiger partial charge is 0.165 e. The number of para-hydroxylation sites is 1. The summed E-state index contributed by atoms with van der Waals surface area (Å²) in [5, 5.41) is 1.08. The number of hydrogen-bond acceptors (Lipinski definition) is 4. The molecule has 21 heavy (non-hydrogen) atoms. The third-order valence-corrected chi connectivity index (χ3v) is 7.81. The Morgan fingerprint density at radius 3 is 2.81 bits per heavy atom. The summed E-state index contributed by atoms with van der Waals surface area (Å²) >= 11 is 4.00. The number of aromatic nitrogens is 1. The summed E-state index contributed by atoms with van der Waals surface area (Å²) in [6.45, 7) is 0.506. The minimum atomic E-state index is 0.0425. The summed E-state index contributed by atoms with van der Waals surface area (Å²) < 4.78 is 7.69. The Morgan fingerprint density at radius 1 is 1.29 bits per heavy atom. The van der Waals surface area contributed by atoms with Gasteiger partial charge in [0.2, 0.25) is 0 Å². The van der Waals surface area contributed by atoms with E-state index in [1.54, 1.807) is 7.11 Å². The van der Waals surface area contributed by atoms with Crippen LogP contribution in [0.15, 0.2) is 24.3 Å². The van der Waals surface area contributed by atoms with E-state index in [2.05, 4.69) is 16.7 Å². The van der Waals surface area contributed by atoms with Crippen LogP contribution in [0, 0.1) is 0 Å². The first-order valence-electron chi connectivity index (χ1n) is 7.18. The molecule has 1 fully saturated rings. The Bertz CT molecular complexity index is 716. The zero-order chi connectivity index (χ0) is 14.4. The standard InChI is InChI=1S/C16H17NO2S2/c1-19-10-17-12-5-3-2-4-11(12)14-13(18)6-7-16(15(14)17)20-8-9-21-16/h2-5H,6-10H2,1H3. The summed E-state index contributed by atoms with van der Waals surface area (Å²) in [5.41, 5.74) is 3.25. The van der Waals surface area contributed by atoms with Gasteiger partial charge in [0, 0.05) is 36.0 Å². The summed E-state index contributed by atoms with van der Waals surface area (Å²) in [5.74, 6) is 2.61.